The number of thioether (sulfide) groups is 1. The molecule has 0 saturated heterocycles. The number of hydrogen-bond donors (Lipinski definition) is 1. The number of rotatable bonds is 7. The third-order valence-electron chi connectivity index (χ3n) is 3.44. The summed E-state index contributed by atoms with van der Waals surface area (Å²) in [6.07, 6.45) is 2.25. The first-order valence-corrected chi connectivity index (χ1v) is 9.56. The molecule has 0 spiro atoms. The van der Waals surface area contributed by atoms with Crippen molar-refractivity contribution >= 4 is 34.1 Å². The maximum absolute atomic E-state index is 12.5. The standard InChI is InChI=1S/C15H18N6O2S2/c1-4-11(13(22)16-14-19-17-9(3)24-14)25-15-20-18-12(21(15)5-2)10-7-6-8-23-10/h6-8,11H,4-5H2,1-3H3,(H,16,19,22)/t11-/m0/s1. The number of carbonyl (C=O) groups excluding carboxylic acids is 1. The summed E-state index contributed by atoms with van der Waals surface area (Å²) in [7, 11) is 0. The first-order valence-electron chi connectivity index (χ1n) is 7.87. The SMILES string of the molecule is CC[C@H](Sc1nnc(-c2ccco2)n1CC)C(=O)Nc1nnc(C)s1. The number of furan rings is 1. The Morgan fingerprint density at radius 1 is 1.36 bits per heavy atom. The van der Waals surface area contributed by atoms with Gasteiger partial charge in [0, 0.05) is 6.54 Å². The molecule has 0 saturated carbocycles. The van der Waals surface area contributed by atoms with E-state index in [2.05, 4.69) is 25.7 Å². The number of nitrogens with zero attached hydrogens (tertiary/aromatic N) is 5. The van der Waals surface area contributed by atoms with Crippen LogP contribution in [0.3, 0.4) is 0 Å². The quantitative estimate of drug-likeness (QED) is 0.630. The fourth-order valence-electron chi connectivity index (χ4n) is 2.23. The Morgan fingerprint density at radius 3 is 2.80 bits per heavy atom. The average Bonchev–Trinajstić information content (AvgIpc) is 3.32. The van der Waals surface area contributed by atoms with Crippen molar-refractivity contribution in [2.24, 2.45) is 0 Å². The summed E-state index contributed by atoms with van der Waals surface area (Å²) in [6, 6.07) is 3.65. The molecule has 0 aliphatic rings. The lowest BCUT2D eigenvalue weighted by molar-refractivity contribution is -0.115. The van der Waals surface area contributed by atoms with E-state index in [4.69, 9.17) is 4.42 Å². The maximum atomic E-state index is 12.5. The van der Waals surface area contributed by atoms with Gasteiger partial charge in [0.1, 0.15) is 5.01 Å². The largest absolute Gasteiger partial charge is 0.461 e. The molecule has 25 heavy (non-hydrogen) atoms. The highest BCUT2D eigenvalue weighted by Gasteiger charge is 2.24. The Hall–Kier alpha value is -2.20. The van der Waals surface area contributed by atoms with Crippen molar-refractivity contribution in [2.75, 3.05) is 5.32 Å². The van der Waals surface area contributed by atoms with E-state index >= 15 is 0 Å². The second-order valence-electron chi connectivity index (χ2n) is 5.16. The fraction of sp³-hybridized carbons (Fsp3) is 0.400. The minimum absolute atomic E-state index is 0.117. The first-order chi connectivity index (χ1) is 12.1. The molecule has 10 heteroatoms. The molecule has 0 fully saturated rings. The molecule has 1 atom stereocenters. The monoisotopic (exact) mass is 378 g/mol. The van der Waals surface area contributed by atoms with Crippen molar-refractivity contribution in [3.05, 3.63) is 23.4 Å². The van der Waals surface area contributed by atoms with E-state index in [1.165, 1.54) is 23.1 Å². The molecule has 0 aromatic carbocycles. The van der Waals surface area contributed by atoms with Gasteiger partial charge in [0.25, 0.3) is 0 Å². The van der Waals surface area contributed by atoms with Gasteiger partial charge >= 0.3 is 0 Å². The van der Waals surface area contributed by atoms with Gasteiger partial charge in [-0.05, 0) is 32.4 Å². The van der Waals surface area contributed by atoms with Gasteiger partial charge < -0.3 is 4.42 Å². The van der Waals surface area contributed by atoms with Crippen LogP contribution in [0.4, 0.5) is 5.13 Å². The Bertz CT molecular complexity index is 842. The van der Waals surface area contributed by atoms with Gasteiger partial charge in [0.15, 0.2) is 16.7 Å². The first kappa shape index (κ1) is 17.6. The van der Waals surface area contributed by atoms with Crippen molar-refractivity contribution in [3.8, 4) is 11.6 Å². The smallest absolute Gasteiger partial charge is 0.239 e. The third-order valence-corrected chi connectivity index (χ3v) is 5.54. The van der Waals surface area contributed by atoms with Crippen molar-refractivity contribution in [3.63, 3.8) is 0 Å². The van der Waals surface area contributed by atoms with Crippen LogP contribution < -0.4 is 5.32 Å². The Kier molecular flexibility index (Phi) is 5.49. The van der Waals surface area contributed by atoms with Crippen molar-refractivity contribution in [1.82, 2.24) is 25.0 Å². The van der Waals surface area contributed by atoms with Crippen molar-refractivity contribution in [2.45, 2.75) is 44.1 Å². The fourth-order valence-corrected chi connectivity index (χ4v) is 3.84. The Balaban J connectivity index is 1.76. The minimum atomic E-state index is -0.303. The lowest BCUT2D eigenvalue weighted by atomic mass is 10.3. The van der Waals surface area contributed by atoms with Gasteiger partial charge in [-0.25, -0.2) is 0 Å². The lowest BCUT2D eigenvalue weighted by Gasteiger charge is -2.13. The van der Waals surface area contributed by atoms with Crippen LogP contribution in [0.15, 0.2) is 28.0 Å². The normalized spacial score (nSPS) is 12.3. The van der Waals surface area contributed by atoms with Crippen LogP contribution in [0, 0.1) is 6.92 Å². The lowest BCUT2D eigenvalue weighted by Crippen LogP contribution is -2.25. The summed E-state index contributed by atoms with van der Waals surface area (Å²) < 4.78 is 7.35. The molecule has 0 aliphatic heterocycles. The Morgan fingerprint density at radius 2 is 2.20 bits per heavy atom. The van der Waals surface area contributed by atoms with E-state index in [0.29, 0.717) is 34.8 Å². The molecule has 3 aromatic rings. The molecule has 0 radical (unpaired) electrons. The van der Waals surface area contributed by atoms with Crippen LogP contribution in [-0.4, -0.2) is 36.1 Å². The van der Waals surface area contributed by atoms with Gasteiger partial charge in [-0.2, -0.15) is 0 Å². The highest BCUT2D eigenvalue weighted by Crippen LogP contribution is 2.29. The molecule has 8 nitrogen and oxygen atoms in total. The number of nitrogens with one attached hydrogen (secondary N) is 1. The van der Waals surface area contributed by atoms with Crippen molar-refractivity contribution in [1.29, 1.82) is 0 Å². The van der Waals surface area contributed by atoms with Crippen LogP contribution in [0.5, 0.6) is 0 Å². The van der Waals surface area contributed by atoms with Gasteiger partial charge in [0.05, 0.1) is 11.5 Å². The average molecular weight is 378 g/mol. The van der Waals surface area contributed by atoms with Crippen LogP contribution in [0.2, 0.25) is 0 Å². The second kappa shape index (κ2) is 7.79. The molecular formula is C15H18N6O2S2. The van der Waals surface area contributed by atoms with Gasteiger partial charge in [-0.1, -0.05) is 30.0 Å². The topological polar surface area (TPSA) is 98.7 Å². The molecule has 3 rings (SSSR count). The van der Waals surface area contributed by atoms with E-state index in [-0.39, 0.29) is 11.2 Å². The minimum Gasteiger partial charge on any atom is -0.461 e. The van der Waals surface area contributed by atoms with E-state index < -0.39 is 0 Å². The van der Waals surface area contributed by atoms with E-state index in [9.17, 15) is 4.79 Å². The number of aromatic nitrogens is 5. The zero-order valence-corrected chi connectivity index (χ0v) is 15.7. The molecule has 1 amide bonds. The summed E-state index contributed by atoms with van der Waals surface area (Å²) in [5.74, 6) is 1.20. The molecular weight excluding hydrogens is 360 g/mol. The van der Waals surface area contributed by atoms with Crippen LogP contribution in [0.25, 0.3) is 11.6 Å². The zero-order valence-electron chi connectivity index (χ0n) is 14.1. The van der Waals surface area contributed by atoms with Crippen molar-refractivity contribution < 1.29 is 9.21 Å². The van der Waals surface area contributed by atoms with Gasteiger partial charge in [-0.15, -0.1) is 20.4 Å². The number of carbonyl (C=O) groups is 1. The Labute approximate surface area is 153 Å². The number of amides is 1. The van der Waals surface area contributed by atoms with E-state index in [0.717, 1.165) is 5.01 Å². The van der Waals surface area contributed by atoms with Crippen LogP contribution in [0.1, 0.15) is 25.3 Å². The highest BCUT2D eigenvalue weighted by atomic mass is 32.2. The van der Waals surface area contributed by atoms with Crippen LogP contribution in [-0.2, 0) is 11.3 Å². The summed E-state index contributed by atoms with van der Waals surface area (Å²) in [5, 5.41) is 20.8. The summed E-state index contributed by atoms with van der Waals surface area (Å²) in [5.41, 5.74) is 0. The van der Waals surface area contributed by atoms with E-state index in [1.54, 1.807) is 6.26 Å². The van der Waals surface area contributed by atoms with Gasteiger partial charge in [0.2, 0.25) is 11.0 Å². The number of hydrogen-bond acceptors (Lipinski definition) is 8. The third kappa shape index (κ3) is 3.90. The molecule has 3 aromatic heterocycles. The van der Waals surface area contributed by atoms with E-state index in [1.807, 2.05) is 37.5 Å². The second-order valence-corrected chi connectivity index (χ2v) is 7.51. The molecule has 0 unspecified atom stereocenters. The van der Waals surface area contributed by atoms with Crippen LogP contribution >= 0.6 is 23.1 Å². The summed E-state index contributed by atoms with van der Waals surface area (Å²) in [6.45, 7) is 6.49. The molecule has 1 N–H and O–H groups in total. The number of aryl methyl sites for hydroxylation is 1. The molecule has 0 bridgehead atoms. The zero-order chi connectivity index (χ0) is 17.8. The molecule has 3 heterocycles. The summed E-state index contributed by atoms with van der Waals surface area (Å²) >= 11 is 2.74. The molecule has 0 aliphatic carbocycles. The predicted molar refractivity (Wildman–Crippen MR) is 96.6 cm³/mol. The number of anilines is 1. The maximum Gasteiger partial charge on any atom is 0.239 e. The molecule has 132 valence electrons. The highest BCUT2D eigenvalue weighted by molar-refractivity contribution is 8.00. The predicted octanol–water partition coefficient (Wildman–Crippen LogP) is 3.23. The summed E-state index contributed by atoms with van der Waals surface area (Å²) in [4.78, 5) is 12.5. The van der Waals surface area contributed by atoms with Gasteiger partial charge in [-0.3, -0.25) is 14.7 Å².